The van der Waals surface area contributed by atoms with E-state index in [4.69, 9.17) is 19.3 Å². The number of hydrogen-bond acceptors (Lipinski definition) is 8. The molecule has 0 amide bonds. The van der Waals surface area contributed by atoms with Crippen LogP contribution in [0.15, 0.2) is 0 Å². The van der Waals surface area contributed by atoms with Gasteiger partial charge in [-0.3, -0.25) is 18.7 Å². The summed E-state index contributed by atoms with van der Waals surface area (Å²) in [5.74, 6) is -5.28. The number of carboxylic acid groups (broad SMARTS) is 2. The highest BCUT2D eigenvalue weighted by atomic mass is 32.2. The first-order valence-electron chi connectivity index (χ1n) is 5.64. The zero-order chi connectivity index (χ0) is 17.6. The number of carbonyl (C=O) groups is 2. The zero-order valence-electron chi connectivity index (χ0n) is 11.0. The molecule has 0 unspecified atom stereocenters. The van der Waals surface area contributed by atoms with E-state index >= 15 is 0 Å². The fraction of sp³-hybridized carbons (Fsp3) is 0.750. The van der Waals surface area contributed by atoms with Crippen LogP contribution in [0, 0.1) is 0 Å². The van der Waals surface area contributed by atoms with Gasteiger partial charge in [0.15, 0.2) is 0 Å². The van der Waals surface area contributed by atoms with E-state index in [-0.39, 0.29) is 13.1 Å². The number of nitrogens with one attached hydrogen (secondary N) is 2. The number of aliphatic carboxylic acids is 2. The molecule has 0 aliphatic carbocycles. The molecule has 22 heavy (non-hydrogen) atoms. The van der Waals surface area contributed by atoms with Crippen molar-refractivity contribution in [1.82, 2.24) is 10.6 Å². The van der Waals surface area contributed by atoms with Crippen molar-refractivity contribution in [2.75, 3.05) is 24.6 Å². The van der Waals surface area contributed by atoms with Gasteiger partial charge in [-0.25, -0.2) is 0 Å². The Morgan fingerprint density at radius 3 is 1.23 bits per heavy atom. The lowest BCUT2D eigenvalue weighted by molar-refractivity contribution is -0.140. The molecule has 0 saturated carbocycles. The first kappa shape index (κ1) is 20.7. The summed E-state index contributed by atoms with van der Waals surface area (Å²) in [6.45, 7) is -0.469. The lowest BCUT2D eigenvalue weighted by atomic mass is 10.3. The van der Waals surface area contributed by atoms with Gasteiger partial charge in [-0.1, -0.05) is 0 Å². The van der Waals surface area contributed by atoms with Crippen LogP contribution in [-0.2, 0) is 29.8 Å². The van der Waals surface area contributed by atoms with Gasteiger partial charge in [-0.15, -0.1) is 0 Å². The monoisotopic (exact) mass is 364 g/mol. The minimum atomic E-state index is -4.53. The molecular weight excluding hydrogens is 348 g/mol. The van der Waals surface area contributed by atoms with Gasteiger partial charge in [0, 0.05) is 13.1 Å². The van der Waals surface area contributed by atoms with Gasteiger partial charge in [0.05, 0.1) is 0 Å². The molecule has 0 spiro atoms. The van der Waals surface area contributed by atoms with Crippen molar-refractivity contribution in [3.63, 3.8) is 0 Å². The van der Waals surface area contributed by atoms with Crippen molar-refractivity contribution in [1.29, 1.82) is 0 Å². The Morgan fingerprint density at radius 2 is 1.05 bits per heavy atom. The molecule has 0 aliphatic heterocycles. The number of carboxylic acids is 2. The van der Waals surface area contributed by atoms with Gasteiger partial charge in [-0.05, 0) is 0 Å². The Labute approximate surface area is 126 Å². The minimum absolute atomic E-state index is 0.234. The van der Waals surface area contributed by atoms with Crippen LogP contribution in [0.4, 0.5) is 0 Å². The normalized spacial score (nSPS) is 15.2. The van der Waals surface area contributed by atoms with Gasteiger partial charge >= 0.3 is 11.9 Å². The van der Waals surface area contributed by atoms with Crippen LogP contribution in [0.5, 0.6) is 0 Å². The third kappa shape index (κ3) is 10.4. The van der Waals surface area contributed by atoms with Crippen molar-refractivity contribution in [2.24, 2.45) is 0 Å². The third-order valence-corrected chi connectivity index (χ3v) is 3.77. The summed E-state index contributed by atoms with van der Waals surface area (Å²) >= 11 is 0. The second-order valence-corrected chi connectivity index (χ2v) is 7.18. The molecule has 6 N–H and O–H groups in total. The Morgan fingerprint density at radius 1 is 0.773 bits per heavy atom. The second kappa shape index (κ2) is 8.35. The molecule has 0 heterocycles. The maximum absolute atomic E-state index is 10.7. The van der Waals surface area contributed by atoms with Crippen molar-refractivity contribution < 1.29 is 45.7 Å². The molecule has 0 rings (SSSR count). The molecule has 0 aromatic rings. The molecular formula is C8H16N2O10S2. The molecule has 0 aromatic carbocycles. The van der Waals surface area contributed by atoms with Gasteiger partial charge in [0.2, 0.25) is 0 Å². The predicted molar refractivity (Wildman–Crippen MR) is 71.7 cm³/mol. The van der Waals surface area contributed by atoms with Crippen LogP contribution < -0.4 is 10.6 Å². The van der Waals surface area contributed by atoms with Crippen LogP contribution in [0.25, 0.3) is 0 Å². The SMILES string of the molecule is O=C(O)[C@@H](CS(=O)(=O)O)NCCN[C@H](CS(=O)(=O)O)C(=O)O. The fourth-order valence-electron chi connectivity index (χ4n) is 1.35. The molecule has 0 radical (unpaired) electrons. The minimum Gasteiger partial charge on any atom is -0.480 e. The molecule has 0 aromatic heterocycles. The van der Waals surface area contributed by atoms with Crippen molar-refractivity contribution >= 4 is 32.2 Å². The molecule has 0 saturated heterocycles. The molecule has 14 heteroatoms. The zero-order valence-corrected chi connectivity index (χ0v) is 12.7. The lowest BCUT2D eigenvalue weighted by Gasteiger charge is -2.15. The van der Waals surface area contributed by atoms with E-state index in [1.807, 2.05) is 0 Å². The molecule has 0 bridgehead atoms. The van der Waals surface area contributed by atoms with E-state index < -0.39 is 55.8 Å². The number of rotatable bonds is 11. The van der Waals surface area contributed by atoms with E-state index in [9.17, 15) is 26.4 Å². The summed E-state index contributed by atoms with van der Waals surface area (Å²) in [5.41, 5.74) is 0. The quantitative estimate of drug-likeness (QED) is 0.159. The average molecular weight is 364 g/mol. The topological polar surface area (TPSA) is 207 Å². The Balaban J connectivity index is 4.42. The Bertz CT molecular complexity index is 544. The molecule has 2 atom stereocenters. The highest BCUT2D eigenvalue weighted by Gasteiger charge is 2.25. The van der Waals surface area contributed by atoms with E-state index in [0.717, 1.165) is 0 Å². The largest absolute Gasteiger partial charge is 0.480 e. The van der Waals surface area contributed by atoms with Crippen LogP contribution in [0.2, 0.25) is 0 Å². The lowest BCUT2D eigenvalue weighted by Crippen LogP contribution is -2.48. The van der Waals surface area contributed by atoms with Gasteiger partial charge in [-0.2, -0.15) is 16.8 Å². The van der Waals surface area contributed by atoms with Crippen molar-refractivity contribution in [3.05, 3.63) is 0 Å². The fourth-order valence-corrected chi connectivity index (χ4v) is 2.71. The highest BCUT2D eigenvalue weighted by molar-refractivity contribution is 7.86. The van der Waals surface area contributed by atoms with E-state index in [1.54, 1.807) is 0 Å². The second-order valence-electron chi connectivity index (χ2n) is 4.19. The standard InChI is InChI=1S/C8H16N2O10S2/c11-7(12)5(3-21(15,16)17)9-1-2-10-6(8(13)14)4-22(18,19)20/h5-6,9-10H,1-4H2,(H,11,12)(H,13,14)(H,15,16,17)(H,18,19,20)/t5-,6-/m1/s1. The summed E-state index contributed by atoms with van der Waals surface area (Å²) < 4.78 is 59.5. The summed E-state index contributed by atoms with van der Waals surface area (Å²) in [4.78, 5) is 21.5. The smallest absolute Gasteiger partial charge is 0.321 e. The van der Waals surface area contributed by atoms with E-state index in [1.165, 1.54) is 0 Å². The maximum atomic E-state index is 10.7. The van der Waals surface area contributed by atoms with Crippen LogP contribution in [0.1, 0.15) is 0 Å². The van der Waals surface area contributed by atoms with Gasteiger partial charge < -0.3 is 20.8 Å². The average Bonchev–Trinajstić information content (AvgIpc) is 2.27. The molecule has 130 valence electrons. The van der Waals surface area contributed by atoms with Crippen molar-refractivity contribution in [3.8, 4) is 0 Å². The highest BCUT2D eigenvalue weighted by Crippen LogP contribution is 1.93. The van der Waals surface area contributed by atoms with Crippen LogP contribution in [0.3, 0.4) is 0 Å². The molecule has 12 nitrogen and oxygen atoms in total. The molecule has 0 fully saturated rings. The Hall–Kier alpha value is -1.32. The summed E-state index contributed by atoms with van der Waals surface area (Å²) in [6.07, 6.45) is 0. The van der Waals surface area contributed by atoms with E-state index in [0.29, 0.717) is 0 Å². The van der Waals surface area contributed by atoms with E-state index in [2.05, 4.69) is 10.6 Å². The van der Waals surface area contributed by atoms with Gasteiger partial charge in [0.25, 0.3) is 20.2 Å². The molecule has 0 aliphatic rings. The first-order chi connectivity index (χ1) is 9.82. The predicted octanol–water partition coefficient (Wildman–Crippen LogP) is -3.15. The maximum Gasteiger partial charge on any atom is 0.321 e. The summed E-state index contributed by atoms with van der Waals surface area (Å²) in [5, 5.41) is 21.9. The van der Waals surface area contributed by atoms with Crippen LogP contribution >= 0.6 is 0 Å². The first-order valence-corrected chi connectivity index (χ1v) is 8.86. The summed E-state index contributed by atoms with van der Waals surface area (Å²) in [6, 6.07) is -3.25. The van der Waals surface area contributed by atoms with Crippen LogP contribution in [-0.4, -0.2) is 84.8 Å². The van der Waals surface area contributed by atoms with Crippen molar-refractivity contribution in [2.45, 2.75) is 12.1 Å². The summed E-state index contributed by atoms with van der Waals surface area (Å²) in [7, 11) is -9.06. The third-order valence-electron chi connectivity index (χ3n) is 2.26. The Kier molecular flexibility index (Phi) is 7.85. The number of hydrogen-bond donors (Lipinski definition) is 6. The van der Waals surface area contributed by atoms with Gasteiger partial charge in [0.1, 0.15) is 23.6 Å².